The highest BCUT2D eigenvalue weighted by Gasteiger charge is 2.40. The Labute approximate surface area is 94.9 Å². The van der Waals surface area contributed by atoms with Crippen LogP contribution in [0.3, 0.4) is 0 Å². The van der Waals surface area contributed by atoms with Crippen LogP contribution in [-0.4, -0.2) is 29.6 Å². The third-order valence-electron chi connectivity index (χ3n) is 1.96. The maximum absolute atomic E-state index is 12.2. The van der Waals surface area contributed by atoms with Crippen molar-refractivity contribution in [3.63, 3.8) is 0 Å². The van der Waals surface area contributed by atoms with Crippen LogP contribution in [0.1, 0.15) is 54.9 Å². The molecular weight excluding hydrogens is 210 g/mol. The quantitative estimate of drug-likeness (QED) is 0.754. The first-order valence-corrected chi connectivity index (χ1v) is 7.07. The van der Waals surface area contributed by atoms with E-state index >= 15 is 0 Å². The molecule has 0 aromatic rings. The molecule has 0 aliphatic rings. The highest BCUT2D eigenvalue weighted by molar-refractivity contribution is 7.89. The van der Waals surface area contributed by atoms with Crippen molar-refractivity contribution in [2.24, 2.45) is 0 Å². The Morgan fingerprint density at radius 3 is 1.47 bits per heavy atom. The molecule has 0 unspecified atom stereocenters. The van der Waals surface area contributed by atoms with Gasteiger partial charge in [-0.2, -0.15) is 4.31 Å². The van der Waals surface area contributed by atoms with Gasteiger partial charge in [0.2, 0.25) is 10.0 Å². The highest BCUT2D eigenvalue weighted by Crippen LogP contribution is 2.28. The van der Waals surface area contributed by atoms with Crippen molar-refractivity contribution in [1.82, 2.24) is 4.31 Å². The van der Waals surface area contributed by atoms with E-state index in [9.17, 15) is 8.42 Å². The molecule has 0 saturated heterocycles. The fourth-order valence-corrected chi connectivity index (χ4v) is 4.56. The number of hydrogen-bond donors (Lipinski definition) is 0. The summed E-state index contributed by atoms with van der Waals surface area (Å²) in [5, 5.41) is 0. The number of sulfonamides is 1. The zero-order valence-electron chi connectivity index (χ0n) is 11.1. The van der Waals surface area contributed by atoms with Crippen molar-refractivity contribution in [2.45, 2.75) is 66.0 Å². The second-order valence-electron chi connectivity index (χ2n) is 5.92. The summed E-state index contributed by atoms with van der Waals surface area (Å²) in [4.78, 5) is 0. The van der Waals surface area contributed by atoms with Crippen molar-refractivity contribution in [3.05, 3.63) is 0 Å². The molecule has 0 heterocycles. The molecule has 0 saturated carbocycles. The molecule has 0 fully saturated rings. The molecule has 0 aliphatic carbocycles. The van der Waals surface area contributed by atoms with E-state index in [1.807, 2.05) is 48.5 Å². The lowest BCUT2D eigenvalue weighted by Gasteiger charge is -2.43. The van der Waals surface area contributed by atoms with Crippen molar-refractivity contribution in [3.8, 4) is 0 Å². The van der Waals surface area contributed by atoms with Crippen molar-refractivity contribution in [2.75, 3.05) is 5.75 Å². The fraction of sp³-hybridized carbons (Fsp3) is 1.00. The molecule has 0 N–H and O–H groups in total. The third kappa shape index (κ3) is 4.11. The van der Waals surface area contributed by atoms with Gasteiger partial charge in [-0.05, 0) is 48.0 Å². The van der Waals surface area contributed by atoms with Crippen LogP contribution in [-0.2, 0) is 10.0 Å². The van der Waals surface area contributed by atoms with E-state index in [1.54, 1.807) is 4.31 Å². The maximum atomic E-state index is 12.2. The summed E-state index contributed by atoms with van der Waals surface area (Å²) < 4.78 is 25.9. The first kappa shape index (κ1) is 14.9. The van der Waals surface area contributed by atoms with Crippen molar-refractivity contribution < 1.29 is 8.42 Å². The van der Waals surface area contributed by atoms with Gasteiger partial charge in [0.1, 0.15) is 0 Å². The predicted molar refractivity (Wildman–Crippen MR) is 65.4 cm³/mol. The zero-order chi connectivity index (χ0) is 12.5. The average Bonchev–Trinajstić information content (AvgIpc) is 1.75. The minimum Gasteiger partial charge on any atom is -0.212 e. The standard InChI is InChI=1S/C11H25NO2S/c1-8-9-15(13,14)12(10(2,3)4)11(5,6)7/h8-9H2,1-7H3. The molecule has 0 rings (SSSR count). The first-order chi connectivity index (χ1) is 6.43. The van der Waals surface area contributed by atoms with Crippen LogP contribution in [0.25, 0.3) is 0 Å². The topological polar surface area (TPSA) is 37.4 Å². The van der Waals surface area contributed by atoms with E-state index in [2.05, 4.69) is 0 Å². The normalized spacial score (nSPS) is 14.7. The number of rotatable bonds is 3. The molecule has 0 radical (unpaired) electrons. The van der Waals surface area contributed by atoms with Crippen molar-refractivity contribution in [1.29, 1.82) is 0 Å². The smallest absolute Gasteiger partial charge is 0.212 e. The molecule has 0 aliphatic heterocycles. The van der Waals surface area contributed by atoms with Crippen molar-refractivity contribution >= 4 is 10.0 Å². The molecule has 15 heavy (non-hydrogen) atoms. The molecule has 0 aromatic carbocycles. The summed E-state index contributed by atoms with van der Waals surface area (Å²) in [6.45, 7) is 13.5. The van der Waals surface area contributed by atoms with E-state index < -0.39 is 10.0 Å². The summed E-state index contributed by atoms with van der Waals surface area (Å²) in [5.74, 6) is 0.224. The lowest BCUT2D eigenvalue weighted by molar-refractivity contribution is 0.140. The van der Waals surface area contributed by atoms with Gasteiger partial charge < -0.3 is 0 Å². The molecule has 0 aromatic heterocycles. The molecule has 92 valence electrons. The van der Waals surface area contributed by atoms with Crippen LogP contribution < -0.4 is 0 Å². The Hall–Kier alpha value is -0.0900. The van der Waals surface area contributed by atoms with Crippen LogP contribution in [0.5, 0.6) is 0 Å². The first-order valence-electron chi connectivity index (χ1n) is 5.46. The summed E-state index contributed by atoms with van der Waals surface area (Å²) in [6.07, 6.45) is 0.658. The van der Waals surface area contributed by atoms with Gasteiger partial charge >= 0.3 is 0 Å². The molecular formula is C11H25NO2S. The SMILES string of the molecule is CCCS(=O)(=O)N(C(C)(C)C)C(C)(C)C. The molecule has 0 amide bonds. The van der Waals surface area contributed by atoms with Gasteiger partial charge in [-0.1, -0.05) is 6.92 Å². The Balaban J connectivity index is 5.34. The number of nitrogens with zero attached hydrogens (tertiary/aromatic N) is 1. The Bertz CT molecular complexity index is 280. The lowest BCUT2D eigenvalue weighted by Crippen LogP contribution is -2.56. The monoisotopic (exact) mass is 235 g/mol. The molecule has 3 nitrogen and oxygen atoms in total. The van der Waals surface area contributed by atoms with E-state index in [1.165, 1.54) is 0 Å². The van der Waals surface area contributed by atoms with E-state index in [4.69, 9.17) is 0 Å². The van der Waals surface area contributed by atoms with Gasteiger partial charge in [0.25, 0.3) is 0 Å². The molecule has 0 bridgehead atoms. The Morgan fingerprint density at radius 1 is 0.933 bits per heavy atom. The second-order valence-corrected chi connectivity index (χ2v) is 7.86. The van der Waals surface area contributed by atoms with Gasteiger partial charge in [0.05, 0.1) is 5.75 Å². The zero-order valence-corrected chi connectivity index (χ0v) is 11.9. The van der Waals surface area contributed by atoms with E-state index in [0.29, 0.717) is 6.42 Å². The minimum absolute atomic E-state index is 0.224. The largest absolute Gasteiger partial charge is 0.215 e. The lowest BCUT2D eigenvalue weighted by atomic mass is 10.0. The predicted octanol–water partition coefficient (Wildman–Crippen LogP) is 2.63. The van der Waals surface area contributed by atoms with E-state index in [0.717, 1.165) is 0 Å². The Kier molecular flexibility index (Phi) is 4.39. The maximum Gasteiger partial charge on any atom is 0.215 e. The molecule has 4 heteroatoms. The highest BCUT2D eigenvalue weighted by atomic mass is 32.2. The van der Waals surface area contributed by atoms with Crippen LogP contribution in [0, 0.1) is 0 Å². The summed E-state index contributed by atoms with van der Waals surface area (Å²) in [6, 6.07) is 0. The van der Waals surface area contributed by atoms with Crippen LogP contribution >= 0.6 is 0 Å². The van der Waals surface area contributed by atoms with E-state index in [-0.39, 0.29) is 16.8 Å². The summed E-state index contributed by atoms with van der Waals surface area (Å²) >= 11 is 0. The van der Waals surface area contributed by atoms with Gasteiger partial charge in [-0.3, -0.25) is 0 Å². The molecule has 0 atom stereocenters. The number of hydrogen-bond acceptors (Lipinski definition) is 2. The molecule has 0 spiro atoms. The minimum atomic E-state index is -3.15. The van der Waals surface area contributed by atoms with Crippen LogP contribution in [0.15, 0.2) is 0 Å². The van der Waals surface area contributed by atoms with Gasteiger partial charge in [0.15, 0.2) is 0 Å². The fourth-order valence-electron chi connectivity index (χ4n) is 2.19. The van der Waals surface area contributed by atoms with Gasteiger partial charge in [-0.25, -0.2) is 8.42 Å². The van der Waals surface area contributed by atoms with Gasteiger partial charge in [-0.15, -0.1) is 0 Å². The van der Waals surface area contributed by atoms with Crippen LogP contribution in [0.2, 0.25) is 0 Å². The average molecular weight is 235 g/mol. The van der Waals surface area contributed by atoms with Gasteiger partial charge in [0, 0.05) is 11.1 Å². The summed E-state index contributed by atoms with van der Waals surface area (Å²) in [7, 11) is -3.15. The third-order valence-corrected chi connectivity index (χ3v) is 4.53. The Morgan fingerprint density at radius 2 is 1.27 bits per heavy atom. The second kappa shape index (κ2) is 4.42. The van der Waals surface area contributed by atoms with Crippen LogP contribution in [0.4, 0.5) is 0 Å². The summed E-state index contributed by atoms with van der Waals surface area (Å²) in [5.41, 5.74) is -0.738.